The Labute approximate surface area is 240 Å². The Bertz CT molecular complexity index is 1130. The molecule has 3 N–H and O–H groups in total. The van der Waals surface area contributed by atoms with E-state index in [-0.39, 0.29) is 40.7 Å². The third-order valence-electron chi connectivity index (χ3n) is 7.74. The Kier molecular flexibility index (Phi) is 8.50. The summed E-state index contributed by atoms with van der Waals surface area (Å²) in [6.07, 6.45) is -2.19. The average Bonchev–Trinajstić information content (AvgIpc) is 3.22. The van der Waals surface area contributed by atoms with E-state index in [1.165, 1.54) is 0 Å². The van der Waals surface area contributed by atoms with Crippen LogP contribution in [0.2, 0.25) is 18.1 Å². The maximum absolute atomic E-state index is 13.1. The number of nitrogens with zero attached hydrogens (tertiary/aromatic N) is 1. The Morgan fingerprint density at radius 2 is 1.50 bits per heavy atom. The van der Waals surface area contributed by atoms with Gasteiger partial charge in [0.2, 0.25) is 17.6 Å². The van der Waals surface area contributed by atoms with Crippen molar-refractivity contribution in [3.05, 3.63) is 17.7 Å². The summed E-state index contributed by atoms with van der Waals surface area (Å²) in [5.41, 5.74) is -1.21. The Morgan fingerprint density at radius 1 is 0.950 bits per heavy atom. The van der Waals surface area contributed by atoms with Crippen LogP contribution in [0.3, 0.4) is 0 Å². The zero-order valence-electron chi connectivity index (χ0n) is 26.4. The molecule has 0 aromatic carbocycles. The van der Waals surface area contributed by atoms with Crippen molar-refractivity contribution in [2.75, 3.05) is 17.2 Å². The van der Waals surface area contributed by atoms with Crippen molar-refractivity contribution in [1.82, 2.24) is 4.98 Å². The SMILES string of the molecule is CC1(C)O[C@H]2[C@@H](O1)[C@@](O)(c1ccc(NC(=O)C(C)(C)C)nc1NC(=O)C(C)(C)C)O[C@@H]2CO[Si](C)(C)C(C)(C)C. The van der Waals surface area contributed by atoms with E-state index in [9.17, 15) is 14.7 Å². The normalized spacial score (nSPS) is 26.9. The Morgan fingerprint density at radius 3 is 2.02 bits per heavy atom. The number of fused-ring (bicyclic) bond motifs is 1. The van der Waals surface area contributed by atoms with Crippen LogP contribution in [-0.4, -0.2) is 60.9 Å². The third-order valence-corrected chi connectivity index (χ3v) is 12.2. The number of amides is 2. The van der Waals surface area contributed by atoms with E-state index in [0.29, 0.717) is 0 Å². The minimum absolute atomic E-state index is 0.0186. The summed E-state index contributed by atoms with van der Waals surface area (Å²) in [7, 11) is -2.14. The van der Waals surface area contributed by atoms with Gasteiger partial charge in [0.15, 0.2) is 14.1 Å². The van der Waals surface area contributed by atoms with E-state index >= 15 is 0 Å². The first kappa shape index (κ1) is 32.6. The van der Waals surface area contributed by atoms with Crippen LogP contribution in [0, 0.1) is 10.8 Å². The van der Waals surface area contributed by atoms with Crippen LogP contribution in [-0.2, 0) is 34.0 Å². The highest BCUT2D eigenvalue weighted by molar-refractivity contribution is 6.74. The van der Waals surface area contributed by atoms with Gasteiger partial charge in [-0.05, 0) is 44.1 Å². The molecule has 2 amide bonds. The lowest BCUT2D eigenvalue weighted by molar-refractivity contribution is -0.282. The second-order valence-corrected chi connectivity index (χ2v) is 19.8. The van der Waals surface area contributed by atoms with Crippen LogP contribution in [0.25, 0.3) is 0 Å². The van der Waals surface area contributed by atoms with Crippen LogP contribution in [0.5, 0.6) is 0 Å². The summed E-state index contributed by atoms with van der Waals surface area (Å²) in [4.78, 5) is 30.3. The first-order valence-electron chi connectivity index (χ1n) is 13.9. The van der Waals surface area contributed by atoms with Gasteiger partial charge in [0.25, 0.3) is 0 Å². The van der Waals surface area contributed by atoms with Crippen LogP contribution >= 0.6 is 0 Å². The Balaban J connectivity index is 2.04. The van der Waals surface area contributed by atoms with Crippen LogP contribution in [0.1, 0.15) is 81.7 Å². The molecule has 10 nitrogen and oxygen atoms in total. The van der Waals surface area contributed by atoms with E-state index in [2.05, 4.69) is 49.5 Å². The molecule has 2 aliphatic rings. The van der Waals surface area contributed by atoms with Crippen LogP contribution < -0.4 is 10.6 Å². The zero-order chi connectivity index (χ0) is 30.7. The molecule has 40 heavy (non-hydrogen) atoms. The topological polar surface area (TPSA) is 128 Å². The molecule has 0 spiro atoms. The first-order valence-corrected chi connectivity index (χ1v) is 16.8. The molecule has 0 radical (unpaired) electrons. The quantitative estimate of drug-likeness (QED) is 0.396. The van der Waals surface area contributed by atoms with Crippen molar-refractivity contribution in [3.63, 3.8) is 0 Å². The molecule has 4 atom stereocenters. The predicted octanol–water partition coefficient (Wildman–Crippen LogP) is 5.14. The van der Waals surface area contributed by atoms with E-state index in [0.717, 1.165) is 0 Å². The highest BCUT2D eigenvalue weighted by Gasteiger charge is 2.64. The molecular formula is C29H49N3O7Si. The van der Waals surface area contributed by atoms with Crippen molar-refractivity contribution in [3.8, 4) is 0 Å². The van der Waals surface area contributed by atoms with Gasteiger partial charge in [-0.2, -0.15) is 0 Å². The fourth-order valence-corrected chi connectivity index (χ4v) is 5.11. The van der Waals surface area contributed by atoms with Gasteiger partial charge in [0.1, 0.15) is 29.9 Å². The van der Waals surface area contributed by atoms with Crippen molar-refractivity contribution in [2.24, 2.45) is 10.8 Å². The number of anilines is 2. The van der Waals surface area contributed by atoms with Gasteiger partial charge in [0, 0.05) is 10.8 Å². The van der Waals surface area contributed by atoms with E-state index in [4.69, 9.17) is 18.6 Å². The number of aromatic nitrogens is 1. The number of hydrogen-bond acceptors (Lipinski definition) is 8. The van der Waals surface area contributed by atoms with Crippen LogP contribution in [0.15, 0.2) is 12.1 Å². The second kappa shape index (κ2) is 10.4. The van der Waals surface area contributed by atoms with Gasteiger partial charge in [-0.3, -0.25) is 9.59 Å². The van der Waals surface area contributed by atoms with Gasteiger partial charge in [0.05, 0.1) is 12.2 Å². The van der Waals surface area contributed by atoms with Gasteiger partial charge >= 0.3 is 0 Å². The third kappa shape index (κ3) is 6.76. The Hall–Kier alpha value is -1.89. The largest absolute Gasteiger partial charge is 0.414 e. The number of ether oxygens (including phenoxy) is 3. The summed E-state index contributed by atoms with van der Waals surface area (Å²) >= 11 is 0. The zero-order valence-corrected chi connectivity index (χ0v) is 27.4. The fourth-order valence-electron chi connectivity index (χ4n) is 4.09. The number of pyridine rings is 1. The fraction of sp³-hybridized carbons (Fsp3) is 0.759. The highest BCUT2D eigenvalue weighted by atomic mass is 28.4. The number of carbonyl (C=O) groups is 2. The number of aliphatic hydroxyl groups is 1. The molecular weight excluding hydrogens is 530 g/mol. The van der Waals surface area contributed by atoms with Crippen molar-refractivity contribution < 1.29 is 33.3 Å². The number of carbonyl (C=O) groups excluding carboxylic acids is 2. The minimum atomic E-state index is -2.14. The number of rotatable bonds is 6. The second-order valence-electron chi connectivity index (χ2n) is 14.9. The minimum Gasteiger partial charge on any atom is -0.414 e. The van der Waals surface area contributed by atoms with E-state index in [1.807, 2.05) is 0 Å². The lowest BCUT2D eigenvalue weighted by Crippen LogP contribution is -2.44. The van der Waals surface area contributed by atoms with E-state index < -0.39 is 49.0 Å². The molecule has 1 aromatic heterocycles. The molecule has 226 valence electrons. The van der Waals surface area contributed by atoms with Gasteiger partial charge in [-0.25, -0.2) is 4.98 Å². The molecule has 2 aliphatic heterocycles. The smallest absolute Gasteiger partial charge is 0.230 e. The standard InChI is InChI=1S/C29H49N3O7Si/c1-25(2,3)23(33)31-19-15-14-17(22(30-19)32-24(34)26(4,5)6)29(35)21-20(38-28(10,11)39-21)18(37-29)16-36-40(12,13)27(7,8)9/h14-15,18,20-21,35H,16H2,1-13H3,(H2,30,31,32,33,34)/t18-,20-,21-,29-/m1/s1. The lowest BCUT2D eigenvalue weighted by Gasteiger charge is -2.37. The van der Waals surface area contributed by atoms with Gasteiger partial charge in [-0.1, -0.05) is 62.3 Å². The molecule has 0 bridgehead atoms. The van der Waals surface area contributed by atoms with Gasteiger partial charge in [-0.15, -0.1) is 0 Å². The van der Waals surface area contributed by atoms with Gasteiger partial charge < -0.3 is 34.4 Å². The van der Waals surface area contributed by atoms with E-state index in [1.54, 1.807) is 67.5 Å². The summed E-state index contributed by atoms with van der Waals surface area (Å²) < 4.78 is 25.2. The lowest BCUT2D eigenvalue weighted by atomic mass is 9.94. The maximum Gasteiger partial charge on any atom is 0.230 e. The molecule has 1 aromatic rings. The molecule has 3 heterocycles. The number of hydrogen-bond donors (Lipinski definition) is 3. The maximum atomic E-state index is 13.1. The van der Waals surface area contributed by atoms with Crippen LogP contribution in [0.4, 0.5) is 11.6 Å². The van der Waals surface area contributed by atoms with Crippen molar-refractivity contribution in [1.29, 1.82) is 0 Å². The summed E-state index contributed by atoms with van der Waals surface area (Å²) in [6, 6.07) is 3.16. The summed E-state index contributed by atoms with van der Waals surface area (Å²) in [5, 5.41) is 17.8. The molecule has 0 saturated carbocycles. The highest BCUT2D eigenvalue weighted by Crippen LogP contribution is 2.50. The van der Waals surface area contributed by atoms with Crippen molar-refractivity contribution in [2.45, 2.75) is 124 Å². The number of nitrogens with one attached hydrogen (secondary N) is 2. The predicted molar refractivity (Wildman–Crippen MR) is 156 cm³/mol. The average molecular weight is 580 g/mol. The molecule has 2 saturated heterocycles. The summed E-state index contributed by atoms with van der Waals surface area (Å²) in [6.45, 7) is 25.2. The summed E-state index contributed by atoms with van der Waals surface area (Å²) in [5.74, 6) is -3.26. The molecule has 3 rings (SSSR count). The molecule has 0 aliphatic carbocycles. The molecule has 11 heteroatoms. The monoisotopic (exact) mass is 579 g/mol. The first-order chi connectivity index (χ1) is 17.9. The molecule has 2 fully saturated rings. The molecule has 0 unspecified atom stereocenters. The van der Waals surface area contributed by atoms with Crippen molar-refractivity contribution >= 4 is 31.8 Å².